The molecule has 0 fully saturated rings. The predicted octanol–water partition coefficient (Wildman–Crippen LogP) is 3.24. The molecule has 35 heavy (non-hydrogen) atoms. The van der Waals surface area contributed by atoms with E-state index in [2.05, 4.69) is 30.2 Å². The zero-order valence-electron chi connectivity index (χ0n) is 17.4. The molecule has 0 radical (unpaired) electrons. The third kappa shape index (κ3) is 6.79. The number of carbonyl (C=O) groups excluding carboxylic acids is 2. The Kier molecular flexibility index (Phi) is 8.42. The third-order valence-electron chi connectivity index (χ3n) is 4.18. The fourth-order valence-corrected chi connectivity index (χ4v) is 3.31. The zero-order valence-corrected chi connectivity index (χ0v) is 19.7. The summed E-state index contributed by atoms with van der Waals surface area (Å²) in [5, 5.41) is 11.4. The summed E-state index contributed by atoms with van der Waals surface area (Å²) in [7, 11) is 0. The highest BCUT2D eigenvalue weighted by atomic mass is 35.5. The van der Waals surface area contributed by atoms with Gasteiger partial charge in [-0.15, -0.1) is 0 Å². The lowest BCUT2D eigenvalue weighted by Crippen LogP contribution is -2.37. The smallest absolute Gasteiger partial charge is 0.356 e. The number of aromatic carboxylic acids is 1. The van der Waals surface area contributed by atoms with Gasteiger partial charge in [0.25, 0.3) is 5.91 Å². The standard InChI is InChI=1S/C8H6N2O2.C7H2Cl3N3.C6H6N2O2/c11-6-4-5-2-1-3-9-7(5)8(12)10-6;8-3-1-4-5(11-2-3)6(9)13-7(10)12-4;7-4-2-1-3-8-5(4)6(9)10/h1-3H,4H2,(H,10,11,12);1-2H;1-3H,7H2,(H,9,10). The maximum Gasteiger partial charge on any atom is 0.356 e. The highest BCUT2D eigenvalue weighted by molar-refractivity contribution is 6.36. The van der Waals surface area contributed by atoms with Crippen molar-refractivity contribution < 1.29 is 19.5 Å². The molecule has 4 aromatic rings. The van der Waals surface area contributed by atoms with Crippen LogP contribution in [0.25, 0.3) is 11.0 Å². The number of nitrogens with zero attached hydrogens (tertiary/aromatic N) is 5. The van der Waals surface area contributed by atoms with E-state index in [1.54, 1.807) is 24.3 Å². The predicted molar refractivity (Wildman–Crippen MR) is 128 cm³/mol. The SMILES string of the molecule is Clc1cnc2c(Cl)nc(Cl)nc2c1.Nc1cccnc1C(=O)O.O=C1Cc2cccnc2C(=O)N1. The number of carbonyl (C=O) groups is 3. The summed E-state index contributed by atoms with van der Waals surface area (Å²) in [6.07, 6.45) is 4.65. The lowest BCUT2D eigenvalue weighted by molar-refractivity contribution is -0.119. The molecule has 14 heteroatoms. The van der Waals surface area contributed by atoms with Crippen LogP contribution in [0.3, 0.4) is 0 Å². The van der Waals surface area contributed by atoms with Crippen molar-refractivity contribution in [3.05, 3.63) is 81.3 Å². The van der Waals surface area contributed by atoms with E-state index in [4.69, 9.17) is 45.6 Å². The lowest BCUT2D eigenvalue weighted by Gasteiger charge is -2.12. The molecule has 2 amide bonds. The number of hydrogen-bond acceptors (Lipinski definition) is 9. The number of aromatic nitrogens is 5. The largest absolute Gasteiger partial charge is 0.476 e. The number of nitrogen functional groups attached to an aromatic ring is 1. The van der Waals surface area contributed by atoms with E-state index in [1.165, 1.54) is 24.7 Å². The van der Waals surface area contributed by atoms with Gasteiger partial charge in [-0.05, 0) is 41.4 Å². The van der Waals surface area contributed by atoms with Crippen molar-refractivity contribution in [3.8, 4) is 0 Å². The summed E-state index contributed by atoms with van der Waals surface area (Å²) in [6.45, 7) is 0. The van der Waals surface area contributed by atoms with Crippen LogP contribution in [0.5, 0.6) is 0 Å². The van der Waals surface area contributed by atoms with E-state index in [-0.39, 0.29) is 34.1 Å². The first-order valence-electron chi connectivity index (χ1n) is 9.52. The Bertz CT molecular complexity index is 1430. The Balaban J connectivity index is 0.000000148. The van der Waals surface area contributed by atoms with E-state index >= 15 is 0 Å². The quantitative estimate of drug-likeness (QED) is 0.187. The number of nitrogens with one attached hydrogen (secondary N) is 1. The van der Waals surface area contributed by atoms with Crippen molar-refractivity contribution in [1.82, 2.24) is 30.2 Å². The first kappa shape index (κ1) is 25.7. The van der Waals surface area contributed by atoms with Gasteiger partial charge in [-0.1, -0.05) is 29.3 Å². The summed E-state index contributed by atoms with van der Waals surface area (Å²) in [5.41, 5.74) is 7.47. The number of imide groups is 1. The van der Waals surface area contributed by atoms with Crippen LogP contribution in [0, 0.1) is 0 Å². The number of rotatable bonds is 1. The van der Waals surface area contributed by atoms with Crippen LogP contribution in [0.2, 0.25) is 15.5 Å². The molecular weight excluding hydrogens is 521 g/mol. The van der Waals surface area contributed by atoms with Crippen LogP contribution in [0.4, 0.5) is 5.69 Å². The van der Waals surface area contributed by atoms with Gasteiger partial charge in [0.1, 0.15) is 11.2 Å². The molecule has 0 aliphatic carbocycles. The normalized spacial score (nSPS) is 11.9. The van der Waals surface area contributed by atoms with Crippen LogP contribution < -0.4 is 11.1 Å². The Morgan fingerprint density at radius 3 is 2.43 bits per heavy atom. The van der Waals surface area contributed by atoms with Crippen molar-refractivity contribution >= 4 is 69.3 Å². The average molecular weight is 535 g/mol. The van der Waals surface area contributed by atoms with E-state index < -0.39 is 11.9 Å². The number of fused-ring (bicyclic) bond motifs is 2. The van der Waals surface area contributed by atoms with Gasteiger partial charge < -0.3 is 10.8 Å². The summed E-state index contributed by atoms with van der Waals surface area (Å²) in [5.74, 6) is -1.76. The highest BCUT2D eigenvalue weighted by Crippen LogP contribution is 2.22. The van der Waals surface area contributed by atoms with E-state index in [1.807, 2.05) is 0 Å². The molecule has 4 aromatic heterocycles. The van der Waals surface area contributed by atoms with E-state index in [9.17, 15) is 14.4 Å². The molecular formula is C21H14Cl3N7O4. The molecule has 0 bridgehead atoms. The summed E-state index contributed by atoms with van der Waals surface area (Å²) < 4.78 is 0. The zero-order chi connectivity index (χ0) is 25.5. The van der Waals surface area contributed by atoms with Crippen LogP contribution in [-0.4, -0.2) is 47.8 Å². The number of amides is 2. The average Bonchev–Trinajstić information content (AvgIpc) is 2.79. The number of halogens is 3. The molecule has 5 rings (SSSR count). The Morgan fingerprint density at radius 1 is 1.03 bits per heavy atom. The second-order valence-electron chi connectivity index (χ2n) is 6.62. The van der Waals surface area contributed by atoms with Crippen LogP contribution in [-0.2, 0) is 11.2 Å². The van der Waals surface area contributed by atoms with Crippen molar-refractivity contribution in [2.75, 3.05) is 5.73 Å². The lowest BCUT2D eigenvalue weighted by atomic mass is 10.1. The monoisotopic (exact) mass is 533 g/mol. The van der Waals surface area contributed by atoms with Gasteiger partial charge in [0, 0.05) is 18.6 Å². The van der Waals surface area contributed by atoms with Gasteiger partial charge in [0.15, 0.2) is 10.8 Å². The second-order valence-corrected chi connectivity index (χ2v) is 7.75. The van der Waals surface area contributed by atoms with Gasteiger partial charge in [-0.3, -0.25) is 19.9 Å². The van der Waals surface area contributed by atoms with Gasteiger partial charge >= 0.3 is 5.97 Å². The topological polar surface area (TPSA) is 174 Å². The maximum absolute atomic E-state index is 11.1. The van der Waals surface area contributed by atoms with E-state index in [0.29, 0.717) is 27.3 Å². The molecule has 0 spiro atoms. The number of anilines is 1. The van der Waals surface area contributed by atoms with Crippen LogP contribution in [0.1, 0.15) is 26.5 Å². The molecule has 0 saturated carbocycles. The van der Waals surface area contributed by atoms with Crippen molar-refractivity contribution in [2.24, 2.45) is 0 Å². The molecule has 0 saturated heterocycles. The van der Waals surface area contributed by atoms with Gasteiger partial charge in [-0.2, -0.15) is 0 Å². The fourth-order valence-electron chi connectivity index (χ4n) is 2.72. The van der Waals surface area contributed by atoms with Crippen molar-refractivity contribution in [2.45, 2.75) is 6.42 Å². The molecule has 0 aromatic carbocycles. The first-order chi connectivity index (χ1) is 16.7. The highest BCUT2D eigenvalue weighted by Gasteiger charge is 2.22. The minimum absolute atomic E-state index is 0.0848. The molecule has 178 valence electrons. The minimum Gasteiger partial charge on any atom is -0.476 e. The van der Waals surface area contributed by atoms with E-state index in [0.717, 1.165) is 0 Å². The molecule has 4 N–H and O–H groups in total. The van der Waals surface area contributed by atoms with Gasteiger partial charge in [0.05, 0.1) is 22.6 Å². The molecule has 1 aliphatic rings. The molecule has 0 atom stereocenters. The van der Waals surface area contributed by atoms with Crippen LogP contribution in [0.15, 0.2) is 48.9 Å². The number of nitrogens with two attached hydrogens (primary N) is 1. The van der Waals surface area contributed by atoms with Gasteiger partial charge in [-0.25, -0.2) is 24.7 Å². The molecule has 1 aliphatic heterocycles. The summed E-state index contributed by atoms with van der Waals surface area (Å²) >= 11 is 17.1. The third-order valence-corrected chi connectivity index (χ3v) is 4.82. The maximum atomic E-state index is 11.1. The number of pyridine rings is 3. The number of carboxylic acids is 1. The summed E-state index contributed by atoms with van der Waals surface area (Å²) in [6, 6.07) is 8.16. The molecule has 5 heterocycles. The first-order valence-corrected chi connectivity index (χ1v) is 10.6. The van der Waals surface area contributed by atoms with Crippen molar-refractivity contribution in [1.29, 1.82) is 0 Å². The molecule has 0 unspecified atom stereocenters. The Hall–Kier alpha value is -3.93. The van der Waals surface area contributed by atoms with Crippen molar-refractivity contribution in [3.63, 3.8) is 0 Å². The fraction of sp³-hybridized carbons (Fsp3) is 0.0476. The number of carboxylic acid groups (broad SMARTS) is 1. The Labute approximate surface area is 212 Å². The second kappa shape index (κ2) is 11.5. The van der Waals surface area contributed by atoms with Crippen LogP contribution >= 0.6 is 34.8 Å². The number of hydrogen-bond donors (Lipinski definition) is 3. The Morgan fingerprint density at radius 2 is 1.74 bits per heavy atom. The summed E-state index contributed by atoms with van der Waals surface area (Å²) in [4.78, 5) is 51.3. The molecule has 11 nitrogen and oxygen atoms in total. The van der Waals surface area contributed by atoms with Gasteiger partial charge in [0.2, 0.25) is 11.2 Å². The minimum atomic E-state index is -1.10.